The molecule has 0 aromatic carbocycles. The molecule has 0 radical (unpaired) electrons. The van der Waals surface area contributed by atoms with Gasteiger partial charge >= 0.3 is 0 Å². The van der Waals surface area contributed by atoms with Crippen molar-refractivity contribution in [3.8, 4) is 0 Å². The van der Waals surface area contributed by atoms with Crippen LogP contribution in [-0.4, -0.2) is 76.2 Å². The molecule has 3 N–H and O–H groups in total. The Morgan fingerprint density at radius 2 is 1.59 bits per heavy atom. The van der Waals surface area contributed by atoms with E-state index in [-0.39, 0.29) is 25.2 Å². The molecule has 0 aromatic rings. The van der Waals surface area contributed by atoms with Gasteiger partial charge in [0.05, 0.1) is 6.10 Å². The third-order valence-corrected chi connectivity index (χ3v) is 2.47. The summed E-state index contributed by atoms with van der Waals surface area (Å²) in [6.07, 6.45) is -4.11. The van der Waals surface area contributed by atoms with Crippen LogP contribution in [0.5, 0.6) is 0 Å². The van der Waals surface area contributed by atoms with Gasteiger partial charge in [0.1, 0.15) is 12.2 Å². The summed E-state index contributed by atoms with van der Waals surface area (Å²) < 4.78 is 0. The van der Waals surface area contributed by atoms with Crippen LogP contribution in [-0.2, 0) is 4.79 Å². The van der Waals surface area contributed by atoms with Gasteiger partial charge < -0.3 is 20.1 Å². The lowest BCUT2D eigenvalue weighted by atomic mass is 10.1. The highest BCUT2D eigenvalue weighted by molar-refractivity contribution is 6.18. The lowest BCUT2D eigenvalue weighted by molar-refractivity contribution is -0.126. The van der Waals surface area contributed by atoms with Gasteiger partial charge in [0.25, 0.3) is 0 Å². The maximum atomic E-state index is 10.2. The molecule has 17 heavy (non-hydrogen) atoms. The smallest absolute Gasteiger partial charge is 0.151 e. The van der Waals surface area contributed by atoms with Crippen LogP contribution >= 0.6 is 35.6 Å². The number of alkyl halides is 2. The van der Waals surface area contributed by atoms with Crippen LogP contribution < -0.4 is 0 Å². The summed E-state index contributed by atoms with van der Waals surface area (Å²) in [5, 5.41) is 27.9. The number of aliphatic hydroxyl groups excluding tert-OH is 3. The number of aliphatic hydroxyl groups is 3. The van der Waals surface area contributed by atoms with Gasteiger partial charge in [-0.05, 0) is 0 Å². The summed E-state index contributed by atoms with van der Waals surface area (Å²) in [5.41, 5.74) is 0. The Hall–Kier alpha value is 0.380. The second-order valence-corrected chi connectivity index (χ2v) is 4.12. The minimum atomic E-state index is -1.58. The van der Waals surface area contributed by atoms with Crippen molar-refractivity contribution in [2.45, 2.75) is 18.3 Å². The third kappa shape index (κ3) is 8.15. The van der Waals surface area contributed by atoms with Crippen molar-refractivity contribution in [2.24, 2.45) is 0 Å². The van der Waals surface area contributed by atoms with E-state index in [1.807, 2.05) is 0 Å². The molecule has 0 aromatic heterocycles. The molecule has 0 aliphatic rings. The summed E-state index contributed by atoms with van der Waals surface area (Å²) in [4.78, 5) is 12.0. The van der Waals surface area contributed by atoms with Crippen LogP contribution in [0.25, 0.3) is 0 Å². The first-order valence-electron chi connectivity index (χ1n) is 4.90. The second kappa shape index (κ2) is 11.5. The van der Waals surface area contributed by atoms with Crippen molar-refractivity contribution in [3.63, 3.8) is 0 Å². The number of nitrogens with zero attached hydrogens (tertiary/aromatic N) is 1. The Balaban J connectivity index is 0. The highest BCUT2D eigenvalue weighted by atomic mass is 35.5. The fourth-order valence-corrected chi connectivity index (χ4v) is 1.69. The molecule has 0 fully saturated rings. The molecule has 0 amide bonds. The van der Waals surface area contributed by atoms with E-state index < -0.39 is 18.3 Å². The zero-order valence-corrected chi connectivity index (χ0v) is 11.5. The third-order valence-electron chi connectivity index (χ3n) is 2.13. The van der Waals surface area contributed by atoms with Crippen molar-refractivity contribution in [1.29, 1.82) is 0 Å². The van der Waals surface area contributed by atoms with Crippen molar-refractivity contribution in [3.05, 3.63) is 0 Å². The number of rotatable bonds is 9. The standard InChI is InChI=1S/C9H17Cl2NO4.ClH/c10-1-3-12(4-2-11)5-7(14)9(16)8(15)6-13;/h6-9,14-16H,1-5H2;1H/t7-,8+,9-;/m1./s1. The molecule has 0 unspecified atom stereocenters. The maximum Gasteiger partial charge on any atom is 0.151 e. The lowest BCUT2D eigenvalue weighted by Gasteiger charge is -2.26. The molecule has 5 nitrogen and oxygen atoms in total. The molecule has 0 rings (SSSR count). The van der Waals surface area contributed by atoms with E-state index in [1.165, 1.54) is 0 Å². The van der Waals surface area contributed by atoms with Crippen LogP contribution in [0.2, 0.25) is 0 Å². The maximum absolute atomic E-state index is 10.2. The van der Waals surface area contributed by atoms with Crippen LogP contribution in [0.4, 0.5) is 0 Å². The van der Waals surface area contributed by atoms with E-state index in [0.29, 0.717) is 24.8 Å². The van der Waals surface area contributed by atoms with E-state index >= 15 is 0 Å². The topological polar surface area (TPSA) is 81.0 Å². The largest absolute Gasteiger partial charge is 0.389 e. The van der Waals surface area contributed by atoms with Crippen molar-refractivity contribution in [1.82, 2.24) is 4.90 Å². The van der Waals surface area contributed by atoms with Gasteiger partial charge in [-0.1, -0.05) is 0 Å². The van der Waals surface area contributed by atoms with Gasteiger partial charge in [-0.3, -0.25) is 4.90 Å². The Morgan fingerprint density at radius 1 is 1.12 bits per heavy atom. The average Bonchev–Trinajstić information content (AvgIpc) is 2.27. The minimum absolute atomic E-state index is 0. The van der Waals surface area contributed by atoms with E-state index in [2.05, 4.69) is 0 Å². The van der Waals surface area contributed by atoms with E-state index in [0.717, 1.165) is 0 Å². The highest BCUT2D eigenvalue weighted by Gasteiger charge is 2.25. The van der Waals surface area contributed by atoms with Gasteiger partial charge in [-0.2, -0.15) is 0 Å². The van der Waals surface area contributed by atoms with Crippen LogP contribution in [0.15, 0.2) is 0 Å². The lowest BCUT2D eigenvalue weighted by Crippen LogP contribution is -2.46. The van der Waals surface area contributed by atoms with Gasteiger partial charge in [-0.25, -0.2) is 0 Å². The minimum Gasteiger partial charge on any atom is -0.389 e. The fraction of sp³-hybridized carbons (Fsp3) is 0.889. The monoisotopic (exact) mass is 309 g/mol. The summed E-state index contributed by atoms with van der Waals surface area (Å²) in [6, 6.07) is 0. The summed E-state index contributed by atoms with van der Waals surface area (Å²) in [7, 11) is 0. The van der Waals surface area contributed by atoms with Crippen molar-refractivity contribution >= 4 is 41.9 Å². The van der Waals surface area contributed by atoms with Crippen LogP contribution in [0, 0.1) is 0 Å². The van der Waals surface area contributed by atoms with Crippen molar-refractivity contribution in [2.75, 3.05) is 31.4 Å². The Kier molecular flexibility index (Phi) is 13.3. The molecular formula is C9H18Cl3NO4. The van der Waals surface area contributed by atoms with Gasteiger partial charge in [0, 0.05) is 31.4 Å². The molecule has 0 bridgehead atoms. The molecule has 0 aliphatic carbocycles. The van der Waals surface area contributed by atoms with E-state index in [1.54, 1.807) is 4.90 Å². The van der Waals surface area contributed by atoms with Crippen LogP contribution in [0.1, 0.15) is 0 Å². The first-order chi connectivity index (χ1) is 7.56. The predicted octanol–water partition coefficient (Wildman–Crippen LogP) is -0.531. The number of carbonyl (C=O) groups is 1. The SMILES string of the molecule is Cl.O=C[C@H](O)[C@H](O)[C@H](O)CN(CCCl)CCCl. The molecular weight excluding hydrogens is 292 g/mol. The number of hydrogen-bond donors (Lipinski definition) is 3. The summed E-state index contributed by atoms with van der Waals surface area (Å²) in [6.45, 7) is 1.12. The highest BCUT2D eigenvalue weighted by Crippen LogP contribution is 2.02. The van der Waals surface area contributed by atoms with Gasteiger partial charge in [-0.15, -0.1) is 35.6 Å². The quantitative estimate of drug-likeness (QED) is 0.394. The van der Waals surface area contributed by atoms with E-state index in [9.17, 15) is 15.0 Å². The first kappa shape index (κ1) is 19.7. The zero-order valence-electron chi connectivity index (χ0n) is 9.21. The average molecular weight is 311 g/mol. The second-order valence-electron chi connectivity index (χ2n) is 3.36. The zero-order chi connectivity index (χ0) is 12.6. The Morgan fingerprint density at radius 3 is 1.94 bits per heavy atom. The fourth-order valence-electron chi connectivity index (χ4n) is 1.21. The molecule has 0 saturated heterocycles. The van der Waals surface area contributed by atoms with Gasteiger partial charge in [0.15, 0.2) is 6.29 Å². The molecule has 104 valence electrons. The molecule has 3 atom stereocenters. The predicted molar refractivity (Wildman–Crippen MR) is 69.2 cm³/mol. The van der Waals surface area contributed by atoms with E-state index in [4.69, 9.17) is 28.3 Å². The number of aldehydes is 1. The molecule has 0 aliphatic heterocycles. The van der Waals surface area contributed by atoms with Crippen LogP contribution in [0.3, 0.4) is 0 Å². The number of halogens is 3. The number of carbonyl (C=O) groups excluding carboxylic acids is 1. The number of hydrogen-bond acceptors (Lipinski definition) is 5. The summed E-state index contributed by atoms with van der Waals surface area (Å²) in [5.74, 6) is 0.742. The van der Waals surface area contributed by atoms with Crippen molar-refractivity contribution < 1.29 is 20.1 Å². The molecule has 0 spiro atoms. The molecule has 0 heterocycles. The normalized spacial score (nSPS) is 16.1. The Labute approximate surface area is 117 Å². The summed E-state index contributed by atoms with van der Waals surface area (Å²) >= 11 is 11.1. The van der Waals surface area contributed by atoms with Gasteiger partial charge in [0.2, 0.25) is 0 Å². The molecule has 0 saturated carbocycles. The molecule has 8 heteroatoms. The Bertz CT molecular complexity index is 193. The first-order valence-corrected chi connectivity index (χ1v) is 5.97.